The van der Waals surface area contributed by atoms with Crippen LogP contribution in [0.4, 0.5) is 4.79 Å². The second kappa shape index (κ2) is 12.1. The Hall–Kier alpha value is -2.88. The van der Waals surface area contributed by atoms with Gasteiger partial charge in [0.15, 0.2) is 11.5 Å². The predicted molar refractivity (Wildman–Crippen MR) is 139 cm³/mol. The molecule has 9 nitrogen and oxygen atoms in total. The fourth-order valence-electron chi connectivity index (χ4n) is 5.28. The van der Waals surface area contributed by atoms with Gasteiger partial charge in [0.05, 0.1) is 44.3 Å². The molecule has 2 aliphatic rings. The summed E-state index contributed by atoms with van der Waals surface area (Å²) in [7, 11) is 0. The first-order chi connectivity index (χ1) is 17.8. The summed E-state index contributed by atoms with van der Waals surface area (Å²) >= 11 is 0. The fraction of sp³-hybridized carbons (Fsp3) is 0.571. The molecule has 3 atom stereocenters. The summed E-state index contributed by atoms with van der Waals surface area (Å²) in [6, 6.07) is 11.5. The van der Waals surface area contributed by atoms with Crippen LogP contribution in [0.5, 0.6) is 11.5 Å². The zero-order chi connectivity index (χ0) is 26.4. The van der Waals surface area contributed by atoms with E-state index in [1.165, 1.54) is 4.90 Å². The van der Waals surface area contributed by atoms with Gasteiger partial charge in [-0.3, -0.25) is 14.8 Å². The number of ether oxygens (including phenoxy) is 3. The van der Waals surface area contributed by atoms with Crippen LogP contribution in [0.15, 0.2) is 42.6 Å². The number of aliphatic hydroxyl groups excluding tert-OH is 1. The van der Waals surface area contributed by atoms with E-state index in [1.807, 2.05) is 30.3 Å². The zero-order valence-corrected chi connectivity index (χ0v) is 22.0. The van der Waals surface area contributed by atoms with Crippen molar-refractivity contribution in [2.45, 2.75) is 64.9 Å². The lowest BCUT2D eigenvalue weighted by atomic mass is 9.78. The Morgan fingerprint density at radius 2 is 1.95 bits per heavy atom. The number of carbonyl (C=O) groups is 1. The Morgan fingerprint density at radius 1 is 1.22 bits per heavy atom. The topological polar surface area (TPSA) is 105 Å². The fourth-order valence-corrected chi connectivity index (χ4v) is 5.28. The minimum absolute atomic E-state index is 0.0181. The second-order valence-corrected chi connectivity index (χ2v) is 10.9. The lowest BCUT2D eigenvalue weighted by Gasteiger charge is -2.50. The van der Waals surface area contributed by atoms with E-state index >= 15 is 0 Å². The van der Waals surface area contributed by atoms with Gasteiger partial charge in [0.2, 0.25) is 0 Å². The second-order valence-electron chi connectivity index (χ2n) is 10.9. The number of piperidine rings is 1. The van der Waals surface area contributed by atoms with E-state index < -0.39 is 6.09 Å². The third-order valence-corrected chi connectivity index (χ3v) is 7.22. The number of amides is 1. The van der Waals surface area contributed by atoms with E-state index in [4.69, 9.17) is 14.2 Å². The maximum atomic E-state index is 12.4. The van der Waals surface area contributed by atoms with Crippen molar-refractivity contribution in [2.75, 3.05) is 33.0 Å². The van der Waals surface area contributed by atoms with Gasteiger partial charge in [-0.25, -0.2) is 4.79 Å². The summed E-state index contributed by atoms with van der Waals surface area (Å²) < 4.78 is 17.2. The van der Waals surface area contributed by atoms with E-state index in [9.17, 15) is 15.0 Å². The van der Waals surface area contributed by atoms with Crippen LogP contribution in [0, 0.1) is 5.41 Å². The van der Waals surface area contributed by atoms with Crippen LogP contribution in [0.1, 0.15) is 44.9 Å². The molecule has 37 heavy (non-hydrogen) atoms. The number of hydrogen-bond acceptors (Lipinski definition) is 7. The van der Waals surface area contributed by atoms with Crippen LogP contribution in [0.3, 0.4) is 0 Å². The Kier molecular flexibility index (Phi) is 8.89. The van der Waals surface area contributed by atoms with Crippen molar-refractivity contribution in [3.8, 4) is 11.5 Å². The quantitative estimate of drug-likeness (QED) is 0.522. The van der Waals surface area contributed by atoms with Crippen molar-refractivity contribution < 1.29 is 29.2 Å². The molecule has 0 bridgehead atoms. The lowest BCUT2D eigenvalue weighted by Crippen LogP contribution is -2.59. The highest BCUT2D eigenvalue weighted by atomic mass is 16.6. The molecule has 1 fully saturated rings. The molecule has 0 radical (unpaired) electrons. The maximum Gasteiger partial charge on any atom is 0.407 e. The maximum absolute atomic E-state index is 12.4. The highest BCUT2D eigenvalue weighted by molar-refractivity contribution is 5.65. The summed E-state index contributed by atoms with van der Waals surface area (Å²) in [6.45, 7) is 9.17. The molecule has 202 valence electrons. The Morgan fingerprint density at radius 3 is 2.62 bits per heavy atom. The van der Waals surface area contributed by atoms with Crippen molar-refractivity contribution in [1.29, 1.82) is 0 Å². The molecule has 0 aliphatic carbocycles. The Balaban J connectivity index is 1.44. The van der Waals surface area contributed by atoms with Crippen LogP contribution in [0.25, 0.3) is 0 Å². The molecule has 1 saturated heterocycles. The zero-order valence-electron chi connectivity index (χ0n) is 22.0. The van der Waals surface area contributed by atoms with Crippen LogP contribution in [-0.4, -0.2) is 82.2 Å². The summed E-state index contributed by atoms with van der Waals surface area (Å²) in [6.07, 6.45) is 1.97. The van der Waals surface area contributed by atoms with Crippen molar-refractivity contribution >= 4 is 6.09 Å². The number of aliphatic hydroxyl groups is 1. The highest BCUT2D eigenvalue weighted by Gasteiger charge is 2.42. The number of nitrogens with zero attached hydrogens (tertiary/aromatic N) is 3. The van der Waals surface area contributed by atoms with Crippen LogP contribution < -0.4 is 9.47 Å². The minimum atomic E-state index is -0.965. The van der Waals surface area contributed by atoms with Gasteiger partial charge in [0.25, 0.3) is 0 Å². The molecule has 2 aliphatic heterocycles. The van der Waals surface area contributed by atoms with E-state index in [0.29, 0.717) is 63.0 Å². The number of benzene rings is 1. The molecule has 1 aromatic carbocycles. The lowest BCUT2D eigenvalue weighted by molar-refractivity contribution is -0.0525. The van der Waals surface area contributed by atoms with E-state index in [0.717, 1.165) is 5.56 Å². The van der Waals surface area contributed by atoms with Gasteiger partial charge in [-0.1, -0.05) is 51.1 Å². The van der Waals surface area contributed by atoms with Gasteiger partial charge in [-0.2, -0.15) is 0 Å². The molecule has 4 rings (SSSR count). The molecule has 2 aromatic rings. The number of aromatic nitrogens is 1. The molecule has 0 saturated carbocycles. The average molecular weight is 514 g/mol. The molecule has 3 unspecified atom stereocenters. The van der Waals surface area contributed by atoms with Gasteiger partial charge in [0.1, 0.15) is 13.2 Å². The van der Waals surface area contributed by atoms with Crippen molar-refractivity contribution in [3.05, 3.63) is 53.9 Å². The number of hydrogen-bond donors (Lipinski definition) is 2. The summed E-state index contributed by atoms with van der Waals surface area (Å²) in [5.74, 6) is 1.19. The summed E-state index contributed by atoms with van der Waals surface area (Å²) in [4.78, 5) is 20.6. The van der Waals surface area contributed by atoms with Crippen molar-refractivity contribution in [3.63, 3.8) is 0 Å². The molecule has 2 N–H and O–H groups in total. The summed E-state index contributed by atoms with van der Waals surface area (Å²) in [5, 5.41) is 20.4. The smallest absolute Gasteiger partial charge is 0.407 e. The third-order valence-electron chi connectivity index (χ3n) is 7.22. The Labute approximate surface area is 219 Å². The number of likely N-dealkylation sites (tertiary alicyclic amines) is 1. The number of carboxylic acid groups (broad SMARTS) is 1. The standard InChI is InChI=1S/C28H39N3O6/c1-28(2,3)26-14-22(9-10-30(26)23(17-32)19-35-18-20-7-5-4-6-8-20)31(27(33)34)16-21-13-24-25(15-29-21)37-12-11-36-24/h4-8,13,15,22-23,26,32H,9-12,14,16-19H2,1-3H3,(H,33,34). The predicted octanol–water partition coefficient (Wildman–Crippen LogP) is 3.79. The van der Waals surface area contributed by atoms with Gasteiger partial charge in [0, 0.05) is 24.7 Å². The largest absolute Gasteiger partial charge is 0.486 e. The minimum Gasteiger partial charge on any atom is -0.486 e. The van der Waals surface area contributed by atoms with Crippen LogP contribution >= 0.6 is 0 Å². The molecule has 9 heteroatoms. The molecule has 1 aromatic heterocycles. The third kappa shape index (κ3) is 6.91. The van der Waals surface area contributed by atoms with Gasteiger partial charge in [-0.05, 0) is 23.8 Å². The first-order valence-electron chi connectivity index (χ1n) is 13.0. The SMILES string of the molecule is CC(C)(C)C1CC(N(Cc2cc3c(cn2)OCCO3)C(=O)O)CCN1C(CO)COCc1ccccc1. The molecular formula is C28H39N3O6. The molecule has 0 spiro atoms. The average Bonchev–Trinajstić information content (AvgIpc) is 2.89. The first-order valence-corrected chi connectivity index (χ1v) is 13.0. The van der Waals surface area contributed by atoms with Crippen LogP contribution in [0.2, 0.25) is 0 Å². The van der Waals surface area contributed by atoms with Crippen LogP contribution in [-0.2, 0) is 17.9 Å². The number of fused-ring (bicyclic) bond motifs is 1. The summed E-state index contributed by atoms with van der Waals surface area (Å²) in [5.41, 5.74) is 1.60. The van der Waals surface area contributed by atoms with Gasteiger partial charge < -0.3 is 24.4 Å². The van der Waals surface area contributed by atoms with Gasteiger partial charge >= 0.3 is 6.09 Å². The Bertz CT molecular complexity index is 1030. The normalized spacial score (nSPS) is 20.9. The van der Waals surface area contributed by atoms with E-state index in [2.05, 4.69) is 30.7 Å². The molecular weight excluding hydrogens is 474 g/mol. The van der Waals surface area contributed by atoms with Crippen molar-refractivity contribution in [1.82, 2.24) is 14.8 Å². The van der Waals surface area contributed by atoms with E-state index in [-0.39, 0.29) is 36.7 Å². The molecule has 1 amide bonds. The molecule has 3 heterocycles. The number of pyridine rings is 1. The van der Waals surface area contributed by atoms with E-state index in [1.54, 1.807) is 12.3 Å². The number of rotatable bonds is 9. The van der Waals surface area contributed by atoms with Gasteiger partial charge in [-0.15, -0.1) is 0 Å². The highest BCUT2D eigenvalue weighted by Crippen LogP contribution is 2.36. The first kappa shape index (κ1) is 27.2. The van der Waals surface area contributed by atoms with Crippen molar-refractivity contribution in [2.24, 2.45) is 5.41 Å². The monoisotopic (exact) mass is 513 g/mol.